The van der Waals surface area contributed by atoms with E-state index in [0.29, 0.717) is 28.7 Å². The average molecular weight is 466 g/mol. The van der Waals surface area contributed by atoms with Gasteiger partial charge in [0, 0.05) is 16.6 Å². The molecule has 0 aromatic heterocycles. The second kappa shape index (κ2) is 8.05. The first-order valence-corrected chi connectivity index (χ1v) is 10.4. The smallest absolute Gasteiger partial charge is 0.264 e. The molecule has 0 radical (unpaired) electrons. The van der Waals surface area contributed by atoms with Gasteiger partial charge in [0.05, 0.1) is 17.7 Å². The Hall–Kier alpha value is -2.96. The number of hydrogen-bond acceptors (Lipinski definition) is 4. The van der Waals surface area contributed by atoms with Crippen LogP contribution in [0.2, 0.25) is 0 Å². The maximum atomic E-state index is 13.3. The third-order valence-electron chi connectivity index (χ3n) is 5.38. The molecular weight excluding hydrogens is 446 g/mol. The Labute approximate surface area is 182 Å². The molecule has 1 unspecified atom stereocenters. The normalized spacial score (nSPS) is 17.8. The molecule has 5 nitrogen and oxygen atoms in total. The maximum Gasteiger partial charge on any atom is 0.264 e. The van der Waals surface area contributed by atoms with Crippen LogP contribution in [0.25, 0.3) is 0 Å². The summed E-state index contributed by atoms with van der Waals surface area (Å²) in [6, 6.07) is 21.3. The Morgan fingerprint density at radius 1 is 1.00 bits per heavy atom. The van der Waals surface area contributed by atoms with Gasteiger partial charge in [-0.25, -0.2) is 0 Å². The van der Waals surface area contributed by atoms with Gasteiger partial charge in [-0.2, -0.15) is 0 Å². The average Bonchev–Trinajstić information content (AvgIpc) is 2.94. The van der Waals surface area contributed by atoms with Crippen LogP contribution in [-0.4, -0.2) is 28.4 Å². The lowest BCUT2D eigenvalue weighted by Gasteiger charge is -2.23. The molecule has 0 saturated carbocycles. The number of carbonyl (C=O) groups is 2. The van der Waals surface area contributed by atoms with E-state index in [0.717, 1.165) is 5.56 Å². The predicted octanol–water partition coefficient (Wildman–Crippen LogP) is 4.20. The van der Waals surface area contributed by atoms with Crippen LogP contribution in [-0.2, 0) is 16.8 Å². The second-order valence-corrected chi connectivity index (χ2v) is 8.25. The number of ketones is 1. The van der Waals surface area contributed by atoms with Crippen molar-refractivity contribution in [2.24, 2.45) is 0 Å². The number of nitrogens with zero attached hydrogens (tertiary/aromatic N) is 1. The molecule has 3 aromatic carbocycles. The molecule has 2 N–H and O–H groups in total. The van der Waals surface area contributed by atoms with E-state index in [1.54, 1.807) is 30.3 Å². The third kappa shape index (κ3) is 3.64. The van der Waals surface area contributed by atoms with Gasteiger partial charge in [0.15, 0.2) is 11.4 Å². The highest BCUT2D eigenvalue weighted by atomic mass is 79.9. The zero-order chi connectivity index (χ0) is 21.3. The predicted molar refractivity (Wildman–Crippen MR) is 118 cm³/mol. The molecule has 1 aliphatic heterocycles. The molecular formula is C24H20BrNO4. The second-order valence-electron chi connectivity index (χ2n) is 7.33. The number of phenols is 1. The first kappa shape index (κ1) is 20.3. The van der Waals surface area contributed by atoms with Crippen molar-refractivity contribution in [1.82, 2.24) is 0 Å². The number of aromatic hydroxyl groups is 1. The van der Waals surface area contributed by atoms with Crippen molar-refractivity contribution in [3.63, 3.8) is 0 Å². The van der Waals surface area contributed by atoms with Crippen molar-refractivity contribution in [2.75, 3.05) is 11.4 Å². The summed E-state index contributed by atoms with van der Waals surface area (Å²) in [5.41, 5.74) is 0.194. The number of carbonyl (C=O) groups excluding carboxylic acids is 2. The van der Waals surface area contributed by atoms with E-state index in [1.165, 1.54) is 17.0 Å². The fourth-order valence-corrected chi connectivity index (χ4v) is 4.20. The highest BCUT2D eigenvalue weighted by Gasteiger charge is 2.50. The number of amides is 1. The molecule has 6 heteroatoms. The summed E-state index contributed by atoms with van der Waals surface area (Å²) in [6.07, 6.45) is 0.179. The van der Waals surface area contributed by atoms with E-state index in [1.807, 2.05) is 30.3 Å². The Balaban J connectivity index is 1.62. The van der Waals surface area contributed by atoms with Crippen molar-refractivity contribution in [1.29, 1.82) is 0 Å². The van der Waals surface area contributed by atoms with Crippen molar-refractivity contribution < 1.29 is 19.8 Å². The largest absolute Gasteiger partial charge is 0.507 e. The van der Waals surface area contributed by atoms with E-state index in [2.05, 4.69) is 15.9 Å². The van der Waals surface area contributed by atoms with Gasteiger partial charge >= 0.3 is 0 Å². The van der Waals surface area contributed by atoms with E-state index in [-0.39, 0.29) is 11.3 Å². The molecule has 1 aliphatic rings. The first-order chi connectivity index (χ1) is 14.4. The van der Waals surface area contributed by atoms with Crippen molar-refractivity contribution in [3.8, 4) is 5.75 Å². The Morgan fingerprint density at radius 3 is 2.43 bits per heavy atom. The monoisotopic (exact) mass is 465 g/mol. The van der Waals surface area contributed by atoms with E-state index in [4.69, 9.17) is 0 Å². The number of fused-ring (bicyclic) bond motifs is 1. The van der Waals surface area contributed by atoms with Crippen LogP contribution in [0.5, 0.6) is 5.75 Å². The number of halogens is 1. The van der Waals surface area contributed by atoms with Gasteiger partial charge in [-0.15, -0.1) is 0 Å². The van der Waals surface area contributed by atoms with Crippen molar-refractivity contribution >= 4 is 33.3 Å². The number of benzene rings is 3. The SMILES string of the molecule is O=C(CC1(O)C(=O)N(CCc2ccccc2)c2ccccc21)c1ccc(Br)cc1O. The lowest BCUT2D eigenvalue weighted by molar-refractivity contribution is -0.135. The molecule has 0 fully saturated rings. The highest BCUT2D eigenvalue weighted by Crippen LogP contribution is 2.43. The van der Waals surface area contributed by atoms with Crippen LogP contribution < -0.4 is 4.90 Å². The fraction of sp³-hybridized carbons (Fsp3) is 0.167. The van der Waals surface area contributed by atoms with Gasteiger partial charge in [0.2, 0.25) is 0 Å². The van der Waals surface area contributed by atoms with E-state index in [9.17, 15) is 19.8 Å². The summed E-state index contributed by atoms with van der Waals surface area (Å²) in [4.78, 5) is 27.7. The summed E-state index contributed by atoms with van der Waals surface area (Å²) in [5, 5.41) is 21.5. The van der Waals surface area contributed by atoms with Crippen molar-refractivity contribution in [2.45, 2.75) is 18.4 Å². The quantitative estimate of drug-likeness (QED) is 0.534. The molecule has 0 aliphatic carbocycles. The third-order valence-corrected chi connectivity index (χ3v) is 5.88. The maximum absolute atomic E-state index is 13.3. The Kier molecular flexibility index (Phi) is 5.45. The van der Waals surface area contributed by atoms with Crippen LogP contribution in [0, 0.1) is 0 Å². The van der Waals surface area contributed by atoms with Crippen LogP contribution in [0.15, 0.2) is 77.3 Å². The van der Waals surface area contributed by atoms with Crippen molar-refractivity contribution in [3.05, 3.63) is 94.0 Å². The lowest BCUT2D eigenvalue weighted by Crippen LogP contribution is -2.42. The number of anilines is 1. The zero-order valence-electron chi connectivity index (χ0n) is 16.1. The number of hydrogen-bond donors (Lipinski definition) is 2. The number of para-hydroxylation sites is 1. The van der Waals surface area contributed by atoms with E-state index >= 15 is 0 Å². The van der Waals surface area contributed by atoms with Crippen LogP contribution in [0.4, 0.5) is 5.69 Å². The molecule has 1 atom stereocenters. The molecule has 3 aromatic rings. The molecule has 0 spiro atoms. The van der Waals surface area contributed by atoms with Gasteiger partial charge in [0.25, 0.3) is 5.91 Å². The van der Waals surface area contributed by atoms with Crippen LogP contribution >= 0.6 is 15.9 Å². The number of phenolic OH excluding ortho intramolecular Hbond substituents is 1. The highest BCUT2D eigenvalue weighted by molar-refractivity contribution is 9.10. The summed E-state index contributed by atoms with van der Waals surface area (Å²) in [6.45, 7) is 0.389. The fourth-order valence-electron chi connectivity index (χ4n) is 3.85. The number of rotatable bonds is 6. The molecule has 30 heavy (non-hydrogen) atoms. The molecule has 0 saturated heterocycles. The minimum atomic E-state index is -1.97. The molecule has 4 rings (SSSR count). The Bertz CT molecular complexity index is 1120. The number of aliphatic hydroxyl groups is 1. The lowest BCUT2D eigenvalue weighted by atomic mass is 9.88. The minimum absolute atomic E-state index is 0.0691. The minimum Gasteiger partial charge on any atom is -0.507 e. The van der Waals surface area contributed by atoms with E-state index < -0.39 is 23.7 Å². The number of Topliss-reactive ketones (excluding diaryl/α,β-unsaturated/α-hetero) is 1. The summed E-state index contributed by atoms with van der Waals surface area (Å²) >= 11 is 3.24. The van der Waals surface area contributed by atoms with Gasteiger partial charge < -0.3 is 15.1 Å². The first-order valence-electron chi connectivity index (χ1n) is 9.59. The summed E-state index contributed by atoms with van der Waals surface area (Å²) in [5.74, 6) is -1.22. The standard InChI is InChI=1S/C24H20BrNO4/c25-17-10-11-18(21(27)14-17)22(28)15-24(30)19-8-4-5-9-20(19)26(23(24)29)13-12-16-6-2-1-3-7-16/h1-11,14,27,30H,12-13,15H2. The van der Waals surface area contributed by atoms with Crippen LogP contribution in [0.1, 0.15) is 27.9 Å². The molecule has 1 heterocycles. The van der Waals surface area contributed by atoms with Crippen LogP contribution in [0.3, 0.4) is 0 Å². The van der Waals surface area contributed by atoms with Gasteiger partial charge in [0.1, 0.15) is 5.75 Å². The Morgan fingerprint density at radius 2 is 1.70 bits per heavy atom. The molecule has 152 valence electrons. The molecule has 0 bridgehead atoms. The van der Waals surface area contributed by atoms with Gasteiger partial charge in [-0.3, -0.25) is 9.59 Å². The summed E-state index contributed by atoms with van der Waals surface area (Å²) < 4.78 is 0.629. The van der Waals surface area contributed by atoms with Gasteiger partial charge in [-0.05, 0) is 36.2 Å². The summed E-state index contributed by atoms with van der Waals surface area (Å²) in [7, 11) is 0. The zero-order valence-corrected chi connectivity index (χ0v) is 17.7. The molecule has 1 amide bonds. The van der Waals surface area contributed by atoms with Gasteiger partial charge in [-0.1, -0.05) is 64.5 Å². The topological polar surface area (TPSA) is 77.8 Å².